The van der Waals surface area contributed by atoms with Gasteiger partial charge in [0.2, 0.25) is 0 Å². The van der Waals surface area contributed by atoms with Crippen molar-refractivity contribution in [1.82, 2.24) is 20.0 Å². The second-order valence-electron chi connectivity index (χ2n) is 4.09. The number of rotatable bonds is 4. The zero-order chi connectivity index (χ0) is 13.8. The third kappa shape index (κ3) is 2.64. The molecule has 0 radical (unpaired) electrons. The Labute approximate surface area is 114 Å². The van der Waals surface area contributed by atoms with Crippen LogP contribution < -0.4 is 4.74 Å². The number of aromatic nitrogens is 4. The number of ether oxygens (including phenoxy) is 1. The van der Waals surface area contributed by atoms with E-state index in [-0.39, 0.29) is 12.5 Å². The first-order valence-electron chi connectivity index (χ1n) is 6.02. The Morgan fingerprint density at radius 2 is 1.95 bits per heavy atom. The fourth-order valence-corrected chi connectivity index (χ4v) is 1.72. The molecule has 0 unspecified atom stereocenters. The molecular weight excluding hydrogens is 259 g/mol. The average molecular weight is 270 g/mol. The Kier molecular flexibility index (Phi) is 3.36. The van der Waals surface area contributed by atoms with Gasteiger partial charge in [-0.05, 0) is 29.8 Å². The number of hydrogen-bond donors (Lipinski definition) is 0. The topological polar surface area (TPSA) is 52.8 Å². The van der Waals surface area contributed by atoms with Crippen LogP contribution in [0.4, 0.5) is 4.39 Å². The predicted octanol–water partition coefficient (Wildman–Crippen LogP) is 2.38. The summed E-state index contributed by atoms with van der Waals surface area (Å²) < 4.78 is 20.3. The van der Waals surface area contributed by atoms with Gasteiger partial charge in [-0.1, -0.05) is 17.3 Å². The molecule has 100 valence electrons. The van der Waals surface area contributed by atoms with Gasteiger partial charge in [0.15, 0.2) is 5.82 Å². The summed E-state index contributed by atoms with van der Waals surface area (Å²) in [7, 11) is 0. The molecule has 3 aromatic rings. The minimum absolute atomic E-state index is 0.00727. The fraction of sp³-hybridized carbons (Fsp3) is 0.0714. The Hall–Kier alpha value is -2.76. The Balaban J connectivity index is 1.68. The van der Waals surface area contributed by atoms with E-state index in [1.165, 1.54) is 18.3 Å². The van der Waals surface area contributed by atoms with E-state index in [0.717, 1.165) is 11.3 Å². The van der Waals surface area contributed by atoms with E-state index in [4.69, 9.17) is 4.74 Å². The Morgan fingerprint density at radius 3 is 2.65 bits per heavy atom. The van der Waals surface area contributed by atoms with Crippen molar-refractivity contribution in [3.8, 4) is 11.6 Å². The summed E-state index contributed by atoms with van der Waals surface area (Å²) in [5, 5.41) is 7.64. The van der Waals surface area contributed by atoms with Crippen molar-refractivity contribution in [2.24, 2.45) is 0 Å². The van der Waals surface area contributed by atoms with Gasteiger partial charge in [-0.15, -0.1) is 5.10 Å². The monoisotopic (exact) mass is 270 g/mol. The second kappa shape index (κ2) is 5.48. The molecule has 0 N–H and O–H groups in total. The van der Waals surface area contributed by atoms with Crippen LogP contribution in [0, 0.1) is 5.82 Å². The number of benzene rings is 1. The highest BCUT2D eigenvalue weighted by Crippen LogP contribution is 2.14. The maximum atomic E-state index is 13.3. The largest absolute Gasteiger partial charge is 0.471 e. The van der Waals surface area contributed by atoms with Crippen molar-refractivity contribution in [3.63, 3.8) is 0 Å². The first-order chi connectivity index (χ1) is 9.83. The number of hydrogen-bond acceptors (Lipinski definition) is 4. The van der Waals surface area contributed by atoms with Gasteiger partial charge in [0.1, 0.15) is 6.61 Å². The molecule has 0 saturated carbocycles. The third-order valence-corrected chi connectivity index (χ3v) is 2.72. The SMILES string of the molecule is Fc1cccnc1OCc1ccc(-n2ccnn2)cc1. The highest BCUT2D eigenvalue weighted by atomic mass is 19.1. The summed E-state index contributed by atoms with van der Waals surface area (Å²) in [6, 6.07) is 10.4. The lowest BCUT2D eigenvalue weighted by Crippen LogP contribution is -2.00. The summed E-state index contributed by atoms with van der Waals surface area (Å²) in [6.45, 7) is 0.256. The lowest BCUT2D eigenvalue weighted by atomic mass is 10.2. The molecule has 0 fully saturated rings. The molecule has 2 aromatic heterocycles. The molecular formula is C14H11FN4O. The summed E-state index contributed by atoms with van der Waals surface area (Å²) in [5.41, 5.74) is 1.81. The van der Waals surface area contributed by atoms with Gasteiger partial charge in [-0.3, -0.25) is 0 Å². The lowest BCUT2D eigenvalue weighted by molar-refractivity contribution is 0.277. The molecule has 3 rings (SSSR count). The molecule has 2 heterocycles. The minimum Gasteiger partial charge on any atom is -0.471 e. The van der Waals surface area contributed by atoms with Crippen molar-refractivity contribution in [2.75, 3.05) is 0 Å². The minimum atomic E-state index is -0.466. The van der Waals surface area contributed by atoms with Gasteiger partial charge in [0.25, 0.3) is 5.88 Å². The van der Waals surface area contributed by atoms with Crippen LogP contribution >= 0.6 is 0 Å². The molecule has 6 heteroatoms. The van der Waals surface area contributed by atoms with Crippen LogP contribution in [0.25, 0.3) is 5.69 Å². The molecule has 0 bridgehead atoms. The van der Waals surface area contributed by atoms with E-state index in [2.05, 4.69) is 15.3 Å². The maximum Gasteiger partial charge on any atom is 0.250 e. The van der Waals surface area contributed by atoms with E-state index in [9.17, 15) is 4.39 Å². The maximum absolute atomic E-state index is 13.3. The van der Waals surface area contributed by atoms with Gasteiger partial charge in [-0.2, -0.15) is 0 Å². The quantitative estimate of drug-likeness (QED) is 0.730. The van der Waals surface area contributed by atoms with Crippen molar-refractivity contribution in [3.05, 3.63) is 66.4 Å². The Bertz CT molecular complexity index is 683. The molecule has 0 spiro atoms. The van der Waals surface area contributed by atoms with E-state index in [1.54, 1.807) is 17.1 Å². The number of nitrogens with zero attached hydrogens (tertiary/aromatic N) is 4. The third-order valence-electron chi connectivity index (χ3n) is 2.72. The summed E-state index contributed by atoms with van der Waals surface area (Å²) in [6.07, 6.45) is 4.86. The van der Waals surface area contributed by atoms with Gasteiger partial charge < -0.3 is 4.74 Å². The van der Waals surface area contributed by atoms with Crippen molar-refractivity contribution in [2.45, 2.75) is 6.61 Å². The number of halogens is 1. The molecule has 0 aliphatic rings. The fourth-order valence-electron chi connectivity index (χ4n) is 1.72. The lowest BCUT2D eigenvalue weighted by Gasteiger charge is -2.06. The zero-order valence-corrected chi connectivity index (χ0v) is 10.5. The summed E-state index contributed by atoms with van der Waals surface area (Å²) >= 11 is 0. The summed E-state index contributed by atoms with van der Waals surface area (Å²) in [5.74, 6) is -0.459. The molecule has 5 nitrogen and oxygen atoms in total. The second-order valence-corrected chi connectivity index (χ2v) is 4.09. The highest BCUT2D eigenvalue weighted by Gasteiger charge is 2.04. The normalized spacial score (nSPS) is 10.4. The first kappa shape index (κ1) is 12.3. The summed E-state index contributed by atoms with van der Waals surface area (Å²) in [4.78, 5) is 3.83. The molecule has 1 aromatic carbocycles. The molecule has 0 amide bonds. The van der Waals surface area contributed by atoms with Crippen molar-refractivity contribution in [1.29, 1.82) is 0 Å². The number of pyridine rings is 1. The van der Waals surface area contributed by atoms with Crippen LogP contribution in [0.3, 0.4) is 0 Å². The predicted molar refractivity (Wildman–Crippen MR) is 69.9 cm³/mol. The van der Waals surface area contributed by atoms with Crippen LogP contribution in [0.5, 0.6) is 5.88 Å². The standard InChI is InChI=1S/C14H11FN4O/c15-13-2-1-7-16-14(13)20-10-11-3-5-12(6-4-11)19-9-8-17-18-19/h1-9H,10H2. The van der Waals surface area contributed by atoms with Crippen LogP contribution in [-0.2, 0) is 6.61 Å². The smallest absolute Gasteiger partial charge is 0.250 e. The molecule has 0 aliphatic heterocycles. The Morgan fingerprint density at radius 1 is 1.10 bits per heavy atom. The van der Waals surface area contributed by atoms with E-state index >= 15 is 0 Å². The average Bonchev–Trinajstić information content (AvgIpc) is 3.01. The molecule has 20 heavy (non-hydrogen) atoms. The molecule has 0 aliphatic carbocycles. The van der Waals surface area contributed by atoms with Crippen LogP contribution in [0.1, 0.15) is 5.56 Å². The van der Waals surface area contributed by atoms with E-state index in [1.807, 2.05) is 24.3 Å². The van der Waals surface area contributed by atoms with Gasteiger partial charge in [0.05, 0.1) is 18.1 Å². The van der Waals surface area contributed by atoms with Crippen LogP contribution in [0.15, 0.2) is 55.0 Å². The van der Waals surface area contributed by atoms with Gasteiger partial charge in [0, 0.05) is 6.20 Å². The zero-order valence-electron chi connectivity index (χ0n) is 10.5. The van der Waals surface area contributed by atoms with Gasteiger partial charge in [-0.25, -0.2) is 14.1 Å². The first-order valence-corrected chi connectivity index (χ1v) is 6.02. The van der Waals surface area contributed by atoms with Crippen molar-refractivity contribution < 1.29 is 9.13 Å². The van der Waals surface area contributed by atoms with Gasteiger partial charge >= 0.3 is 0 Å². The highest BCUT2D eigenvalue weighted by molar-refractivity contribution is 5.33. The van der Waals surface area contributed by atoms with Crippen LogP contribution in [-0.4, -0.2) is 20.0 Å². The van der Waals surface area contributed by atoms with Crippen molar-refractivity contribution >= 4 is 0 Å². The van der Waals surface area contributed by atoms with E-state index < -0.39 is 5.82 Å². The molecule has 0 saturated heterocycles. The van der Waals surface area contributed by atoms with E-state index in [0.29, 0.717) is 0 Å². The molecule has 0 atom stereocenters. The van der Waals surface area contributed by atoms with Crippen LogP contribution in [0.2, 0.25) is 0 Å².